The Morgan fingerprint density at radius 2 is 2.06 bits per heavy atom. The van der Waals surface area contributed by atoms with Gasteiger partial charge < -0.3 is 15.7 Å². The summed E-state index contributed by atoms with van der Waals surface area (Å²) in [5.74, 6) is -1.36. The van der Waals surface area contributed by atoms with Gasteiger partial charge in [0.2, 0.25) is 5.91 Å². The van der Waals surface area contributed by atoms with Gasteiger partial charge in [-0.25, -0.2) is 4.79 Å². The van der Waals surface area contributed by atoms with Crippen molar-refractivity contribution in [2.75, 3.05) is 6.54 Å². The van der Waals surface area contributed by atoms with Crippen LogP contribution in [0.3, 0.4) is 0 Å². The quantitative estimate of drug-likeness (QED) is 0.301. The van der Waals surface area contributed by atoms with Crippen molar-refractivity contribution in [2.24, 2.45) is 0 Å². The first kappa shape index (κ1) is 15.2. The van der Waals surface area contributed by atoms with Gasteiger partial charge in [0.1, 0.15) is 12.3 Å². The van der Waals surface area contributed by atoms with E-state index >= 15 is 0 Å². The minimum Gasteiger partial charge on any atom is -0.480 e. The molecule has 0 fully saturated rings. The van der Waals surface area contributed by atoms with E-state index in [9.17, 15) is 14.4 Å². The normalized spacial score (nSPS) is 12.1. The Hall–Kier alpha value is -1.85. The Labute approximate surface area is 100 Å². The number of nitrogens with one attached hydrogen (secondary N) is 2. The molecule has 1 amide bonds. The van der Waals surface area contributed by atoms with Crippen LogP contribution in [0.15, 0.2) is 12.3 Å². The number of aliphatic carboxylic acids is 1. The predicted octanol–water partition coefficient (Wildman–Crippen LogP) is 0.0482. The van der Waals surface area contributed by atoms with Crippen molar-refractivity contribution >= 4 is 18.2 Å². The molecule has 0 aliphatic rings. The van der Waals surface area contributed by atoms with E-state index in [1.165, 1.54) is 19.2 Å². The summed E-state index contributed by atoms with van der Waals surface area (Å²) in [4.78, 5) is 31.4. The topological polar surface area (TPSA) is 95.5 Å². The predicted molar refractivity (Wildman–Crippen MR) is 62.3 cm³/mol. The Balaban J connectivity index is 3.68. The van der Waals surface area contributed by atoms with Crippen molar-refractivity contribution in [1.82, 2.24) is 10.6 Å². The Kier molecular flexibility index (Phi) is 8.36. The number of allylic oxidation sites excluding steroid dienone is 1. The number of carboxylic acid groups (broad SMARTS) is 1. The lowest BCUT2D eigenvalue weighted by atomic mass is 10.1. The third-order valence-electron chi connectivity index (χ3n) is 2.03. The van der Waals surface area contributed by atoms with E-state index in [4.69, 9.17) is 5.11 Å². The summed E-state index contributed by atoms with van der Waals surface area (Å²) in [7, 11) is 0. The first-order chi connectivity index (χ1) is 8.07. The number of hydrogen-bond acceptors (Lipinski definition) is 4. The van der Waals surface area contributed by atoms with Crippen LogP contribution in [0.5, 0.6) is 0 Å². The van der Waals surface area contributed by atoms with Crippen LogP contribution in [-0.4, -0.2) is 35.9 Å². The monoisotopic (exact) mass is 242 g/mol. The van der Waals surface area contributed by atoms with Crippen molar-refractivity contribution in [3.05, 3.63) is 12.3 Å². The Morgan fingerprint density at radius 1 is 1.35 bits per heavy atom. The van der Waals surface area contributed by atoms with Crippen LogP contribution in [0, 0.1) is 0 Å². The van der Waals surface area contributed by atoms with Crippen LogP contribution >= 0.6 is 0 Å². The Bertz CT molecular complexity index is 289. The molecule has 0 rings (SSSR count). The fourth-order valence-electron chi connectivity index (χ4n) is 1.27. The van der Waals surface area contributed by atoms with Gasteiger partial charge in [-0.2, -0.15) is 0 Å². The van der Waals surface area contributed by atoms with Gasteiger partial charge in [-0.15, -0.1) is 0 Å². The molecule has 0 aromatic carbocycles. The molecule has 6 heteroatoms. The van der Waals surface area contributed by atoms with E-state index in [2.05, 4.69) is 10.6 Å². The standard InChI is InChI=1S/C11H18N2O4/c1-9(15)13-10(11(16)17)5-2-3-6-12-7-4-8-14/h4,7-8,10,12H,2-3,5-6H2,1H3,(H,13,15)(H,16,17)/b7-4+/t10-/m0/s1. The molecule has 0 aromatic heterocycles. The zero-order chi connectivity index (χ0) is 13.1. The third-order valence-corrected chi connectivity index (χ3v) is 2.03. The molecule has 0 unspecified atom stereocenters. The van der Waals surface area contributed by atoms with Crippen LogP contribution in [0.1, 0.15) is 26.2 Å². The largest absolute Gasteiger partial charge is 0.480 e. The average molecular weight is 242 g/mol. The summed E-state index contributed by atoms with van der Waals surface area (Å²) < 4.78 is 0. The fourth-order valence-corrected chi connectivity index (χ4v) is 1.27. The zero-order valence-electron chi connectivity index (χ0n) is 9.81. The summed E-state index contributed by atoms with van der Waals surface area (Å²) in [6.45, 7) is 1.96. The van der Waals surface area contributed by atoms with Crippen molar-refractivity contribution in [3.63, 3.8) is 0 Å². The summed E-state index contributed by atoms with van der Waals surface area (Å²) in [5.41, 5.74) is 0. The summed E-state index contributed by atoms with van der Waals surface area (Å²) >= 11 is 0. The highest BCUT2D eigenvalue weighted by molar-refractivity contribution is 5.81. The van der Waals surface area contributed by atoms with Crippen LogP contribution in [0.25, 0.3) is 0 Å². The van der Waals surface area contributed by atoms with Crippen LogP contribution in [0.2, 0.25) is 0 Å². The van der Waals surface area contributed by atoms with Gasteiger partial charge in [0.05, 0.1) is 0 Å². The van der Waals surface area contributed by atoms with Gasteiger partial charge >= 0.3 is 5.97 Å². The zero-order valence-corrected chi connectivity index (χ0v) is 9.81. The molecular weight excluding hydrogens is 224 g/mol. The van der Waals surface area contributed by atoms with Gasteiger partial charge in [0.15, 0.2) is 0 Å². The van der Waals surface area contributed by atoms with Crippen molar-refractivity contribution in [2.45, 2.75) is 32.2 Å². The molecule has 0 aliphatic heterocycles. The van der Waals surface area contributed by atoms with Gasteiger partial charge in [-0.1, -0.05) is 0 Å². The second-order valence-electron chi connectivity index (χ2n) is 3.54. The maximum Gasteiger partial charge on any atom is 0.326 e. The molecule has 96 valence electrons. The summed E-state index contributed by atoms with van der Waals surface area (Å²) in [6, 6.07) is -0.821. The van der Waals surface area contributed by atoms with Gasteiger partial charge in [0.25, 0.3) is 0 Å². The number of unbranched alkanes of at least 4 members (excludes halogenated alkanes) is 1. The van der Waals surface area contributed by atoms with Gasteiger partial charge in [-0.05, 0) is 31.5 Å². The molecule has 0 aromatic rings. The van der Waals surface area contributed by atoms with Crippen LogP contribution < -0.4 is 10.6 Å². The maximum absolute atomic E-state index is 10.8. The molecule has 0 bridgehead atoms. The number of carbonyl (C=O) groups excluding carboxylic acids is 2. The molecule has 0 aliphatic carbocycles. The molecule has 0 heterocycles. The lowest BCUT2D eigenvalue weighted by Gasteiger charge is -2.12. The molecule has 3 N–H and O–H groups in total. The number of carbonyl (C=O) groups is 3. The highest BCUT2D eigenvalue weighted by atomic mass is 16.4. The maximum atomic E-state index is 10.8. The van der Waals surface area contributed by atoms with E-state index in [1.54, 1.807) is 0 Å². The molecular formula is C11H18N2O4. The molecule has 0 radical (unpaired) electrons. The highest BCUT2D eigenvalue weighted by Crippen LogP contribution is 2.01. The van der Waals surface area contributed by atoms with Crippen molar-refractivity contribution < 1.29 is 19.5 Å². The highest BCUT2D eigenvalue weighted by Gasteiger charge is 2.16. The minimum atomic E-state index is -1.02. The smallest absolute Gasteiger partial charge is 0.326 e. The molecule has 0 saturated heterocycles. The number of hydrogen-bond donors (Lipinski definition) is 3. The number of rotatable bonds is 9. The number of aldehydes is 1. The SMILES string of the molecule is CC(=O)N[C@@H](CCCCN/C=C/C=O)C(=O)O. The second kappa shape index (κ2) is 9.38. The summed E-state index contributed by atoms with van der Waals surface area (Å²) in [6.07, 6.45) is 5.40. The lowest BCUT2D eigenvalue weighted by molar-refractivity contribution is -0.141. The van der Waals surface area contributed by atoms with E-state index in [1.807, 2.05) is 0 Å². The molecule has 17 heavy (non-hydrogen) atoms. The number of amides is 1. The fraction of sp³-hybridized carbons (Fsp3) is 0.545. The van der Waals surface area contributed by atoms with Gasteiger partial charge in [-0.3, -0.25) is 9.59 Å². The first-order valence-electron chi connectivity index (χ1n) is 5.41. The van der Waals surface area contributed by atoms with E-state index < -0.39 is 12.0 Å². The Morgan fingerprint density at radius 3 is 2.59 bits per heavy atom. The van der Waals surface area contributed by atoms with Crippen LogP contribution in [-0.2, 0) is 14.4 Å². The van der Waals surface area contributed by atoms with Crippen molar-refractivity contribution in [3.8, 4) is 0 Å². The van der Waals surface area contributed by atoms with E-state index in [-0.39, 0.29) is 5.91 Å². The number of carboxylic acids is 1. The molecule has 0 spiro atoms. The molecule has 1 atom stereocenters. The third kappa shape index (κ3) is 9.10. The van der Waals surface area contributed by atoms with E-state index in [0.717, 1.165) is 6.42 Å². The minimum absolute atomic E-state index is 0.343. The van der Waals surface area contributed by atoms with Gasteiger partial charge in [0, 0.05) is 13.5 Å². The van der Waals surface area contributed by atoms with Crippen molar-refractivity contribution in [1.29, 1.82) is 0 Å². The second-order valence-corrected chi connectivity index (χ2v) is 3.54. The van der Waals surface area contributed by atoms with Crippen LogP contribution in [0.4, 0.5) is 0 Å². The first-order valence-corrected chi connectivity index (χ1v) is 5.41. The van der Waals surface area contributed by atoms with E-state index in [0.29, 0.717) is 25.7 Å². The lowest BCUT2D eigenvalue weighted by Crippen LogP contribution is -2.39. The average Bonchev–Trinajstić information content (AvgIpc) is 2.25. The molecule has 6 nitrogen and oxygen atoms in total. The summed E-state index contributed by atoms with van der Waals surface area (Å²) in [5, 5.41) is 14.1. The molecule has 0 saturated carbocycles.